The first kappa shape index (κ1) is 31.4. The van der Waals surface area contributed by atoms with Gasteiger partial charge < -0.3 is 15.5 Å². The maximum absolute atomic E-state index is 15.0. The molecule has 0 spiro atoms. The number of sulfonamides is 1. The van der Waals surface area contributed by atoms with Crippen LogP contribution in [0, 0.1) is 5.82 Å². The number of carboxylic acids is 1. The van der Waals surface area contributed by atoms with Gasteiger partial charge in [0.25, 0.3) is 0 Å². The van der Waals surface area contributed by atoms with E-state index in [0.717, 1.165) is 29.1 Å². The zero-order valence-corrected chi connectivity index (χ0v) is 24.1. The van der Waals surface area contributed by atoms with Gasteiger partial charge in [-0.05, 0) is 73.9 Å². The van der Waals surface area contributed by atoms with Crippen LogP contribution in [0.1, 0.15) is 44.2 Å². The molecule has 0 radical (unpaired) electrons. The quantitative estimate of drug-likeness (QED) is 0.240. The van der Waals surface area contributed by atoms with Crippen molar-refractivity contribution in [3.63, 3.8) is 0 Å². The van der Waals surface area contributed by atoms with E-state index in [1.165, 1.54) is 30.8 Å². The lowest BCUT2D eigenvalue weighted by molar-refractivity contribution is -0.136. The highest BCUT2D eigenvalue weighted by Crippen LogP contribution is 2.26. The maximum Gasteiger partial charge on any atom is 0.303 e. The Morgan fingerprint density at radius 1 is 0.975 bits per heavy atom. The zero-order valence-electron chi connectivity index (χ0n) is 23.3. The molecule has 3 aromatic carbocycles. The lowest BCUT2D eigenvalue weighted by Gasteiger charge is -2.29. The molecule has 216 valence electrons. The van der Waals surface area contributed by atoms with Crippen LogP contribution in [0.2, 0.25) is 0 Å². The monoisotopic (exact) mass is 570 g/mol. The number of aryl methyl sites for hydroxylation is 2. The van der Waals surface area contributed by atoms with Crippen molar-refractivity contribution in [3.8, 4) is 11.1 Å². The van der Waals surface area contributed by atoms with Gasteiger partial charge in [0.1, 0.15) is 10.7 Å². The number of aliphatic carboxylic acids is 1. The average Bonchev–Trinajstić information content (AvgIpc) is 2.91. The van der Waals surface area contributed by atoms with Crippen LogP contribution in [0.15, 0.2) is 77.7 Å². The van der Waals surface area contributed by atoms with Crippen molar-refractivity contribution in [2.75, 3.05) is 20.1 Å². The number of nitrogens with zero attached hydrogens (tertiary/aromatic N) is 1. The van der Waals surface area contributed by atoms with E-state index in [4.69, 9.17) is 5.11 Å². The molecular weight excluding hydrogens is 531 g/mol. The van der Waals surface area contributed by atoms with Crippen LogP contribution in [-0.4, -0.2) is 60.7 Å². The lowest BCUT2D eigenvalue weighted by atomic mass is 9.95. The van der Waals surface area contributed by atoms with Crippen molar-refractivity contribution >= 4 is 16.0 Å². The molecule has 3 aromatic rings. The summed E-state index contributed by atoms with van der Waals surface area (Å²) in [6, 6.07) is 21.2. The van der Waals surface area contributed by atoms with Crippen LogP contribution in [0.25, 0.3) is 11.1 Å². The average molecular weight is 571 g/mol. The zero-order chi connectivity index (χ0) is 29.3. The number of hydrogen-bond donors (Lipinski definition) is 3. The third-order valence-electron chi connectivity index (χ3n) is 6.93. The van der Waals surface area contributed by atoms with E-state index in [1.54, 1.807) is 24.3 Å². The van der Waals surface area contributed by atoms with E-state index >= 15 is 4.39 Å². The van der Waals surface area contributed by atoms with Crippen LogP contribution in [0.3, 0.4) is 0 Å². The summed E-state index contributed by atoms with van der Waals surface area (Å²) in [5, 5.41) is 22.7. The predicted octanol–water partition coefficient (Wildman–Crippen LogP) is 4.88. The largest absolute Gasteiger partial charge is 0.481 e. The number of carbonyl (C=O) groups is 1. The molecule has 0 saturated heterocycles. The number of hydrogen-bond acceptors (Lipinski definition) is 5. The van der Waals surface area contributed by atoms with Crippen molar-refractivity contribution < 1.29 is 27.8 Å². The minimum atomic E-state index is -4.17. The molecular formula is C31H39FN2O5S. The summed E-state index contributed by atoms with van der Waals surface area (Å²) in [6.07, 6.45) is 2.24. The number of nitrogens with one attached hydrogen (secondary N) is 1. The molecule has 7 nitrogen and oxygen atoms in total. The fourth-order valence-electron chi connectivity index (χ4n) is 4.49. The maximum atomic E-state index is 15.0. The predicted molar refractivity (Wildman–Crippen MR) is 155 cm³/mol. The van der Waals surface area contributed by atoms with E-state index in [9.17, 15) is 18.3 Å². The molecule has 0 bridgehead atoms. The summed E-state index contributed by atoms with van der Waals surface area (Å²) in [4.78, 5) is 10.3. The highest BCUT2D eigenvalue weighted by Gasteiger charge is 2.27. The molecule has 3 rings (SSSR count). The van der Waals surface area contributed by atoms with Crippen LogP contribution in [-0.2, 0) is 27.7 Å². The second kappa shape index (κ2) is 14.0. The Morgan fingerprint density at radius 3 is 2.23 bits per heavy atom. The van der Waals surface area contributed by atoms with Crippen LogP contribution < -0.4 is 5.32 Å². The van der Waals surface area contributed by atoms with Gasteiger partial charge in [-0.1, -0.05) is 60.7 Å². The summed E-state index contributed by atoms with van der Waals surface area (Å²) < 4.78 is 42.2. The van der Waals surface area contributed by atoms with E-state index in [-0.39, 0.29) is 25.0 Å². The van der Waals surface area contributed by atoms with Crippen LogP contribution >= 0.6 is 0 Å². The number of β-amino-alcohol motifs (C(OH)–C–C–N with tert-alkyl or cyclic N) is 1. The summed E-state index contributed by atoms with van der Waals surface area (Å²) >= 11 is 0. The van der Waals surface area contributed by atoms with E-state index in [2.05, 4.69) is 17.4 Å². The molecule has 0 fully saturated rings. The molecule has 0 aliphatic rings. The number of aliphatic hydroxyl groups excluding tert-OH is 1. The topological polar surface area (TPSA) is 107 Å². The van der Waals surface area contributed by atoms with Gasteiger partial charge in [-0.2, -0.15) is 4.31 Å². The first-order valence-electron chi connectivity index (χ1n) is 13.4. The van der Waals surface area contributed by atoms with Gasteiger partial charge in [-0.15, -0.1) is 0 Å². The van der Waals surface area contributed by atoms with E-state index < -0.39 is 32.8 Å². The summed E-state index contributed by atoms with van der Waals surface area (Å²) in [7, 11) is -2.84. The summed E-state index contributed by atoms with van der Waals surface area (Å²) in [5.41, 5.74) is 3.06. The summed E-state index contributed by atoms with van der Waals surface area (Å²) in [6.45, 7) is 4.11. The van der Waals surface area contributed by atoms with Crippen molar-refractivity contribution in [1.29, 1.82) is 0 Å². The van der Waals surface area contributed by atoms with Gasteiger partial charge in [-0.25, -0.2) is 12.8 Å². The van der Waals surface area contributed by atoms with Crippen molar-refractivity contribution in [1.82, 2.24) is 9.62 Å². The number of likely N-dealkylation sites (N-methyl/N-ethyl adjacent to an activating group) is 1. The fourth-order valence-corrected chi connectivity index (χ4v) is 5.74. The van der Waals surface area contributed by atoms with Gasteiger partial charge in [0.15, 0.2) is 0 Å². The third kappa shape index (κ3) is 9.23. The Hall–Kier alpha value is -3.11. The normalized spacial score (nSPS) is 12.9. The Labute approximate surface area is 236 Å². The van der Waals surface area contributed by atoms with Crippen molar-refractivity contribution in [3.05, 3.63) is 89.7 Å². The molecule has 40 heavy (non-hydrogen) atoms. The third-order valence-corrected chi connectivity index (χ3v) is 8.79. The van der Waals surface area contributed by atoms with E-state index in [0.29, 0.717) is 17.5 Å². The number of rotatable bonds is 15. The molecule has 0 aromatic heterocycles. The van der Waals surface area contributed by atoms with Crippen LogP contribution in [0.4, 0.5) is 4.39 Å². The first-order valence-corrected chi connectivity index (χ1v) is 14.9. The molecule has 3 N–H and O–H groups in total. The summed E-state index contributed by atoms with van der Waals surface area (Å²) in [5.74, 6) is -1.76. The van der Waals surface area contributed by atoms with Gasteiger partial charge in [0.2, 0.25) is 10.0 Å². The number of benzene rings is 3. The highest BCUT2D eigenvalue weighted by molar-refractivity contribution is 7.89. The molecule has 0 heterocycles. The molecule has 0 amide bonds. The van der Waals surface area contributed by atoms with Gasteiger partial charge in [-0.3, -0.25) is 4.79 Å². The van der Waals surface area contributed by atoms with Gasteiger partial charge in [0.05, 0.1) is 6.10 Å². The number of halogens is 1. The molecule has 0 aliphatic carbocycles. The molecule has 9 heteroatoms. The van der Waals surface area contributed by atoms with Gasteiger partial charge in [0, 0.05) is 32.1 Å². The second-order valence-corrected chi connectivity index (χ2v) is 12.8. The standard InChI is InChI=1S/C31H39FN2O5S/c1-31(2,19-7-10-23-8-5-4-6-9-23)33-21-27(35)22-34(3)40(38,39)29-17-16-26(20-28(29)32)25-14-11-24(12-15-25)13-18-30(36)37/h4-6,8-9,11-12,14-17,20,27,33,35H,7,10,13,18-19,21-22H2,1-3H3,(H,36,37)/t27-/m1/s1. The van der Waals surface area contributed by atoms with Crippen molar-refractivity contribution in [2.45, 2.75) is 62.5 Å². The molecule has 0 saturated carbocycles. The number of aliphatic hydroxyl groups is 1. The number of carboxylic acid groups (broad SMARTS) is 1. The smallest absolute Gasteiger partial charge is 0.303 e. The Bertz CT molecular complexity index is 1360. The molecule has 0 aliphatic heterocycles. The fraction of sp³-hybridized carbons (Fsp3) is 0.387. The Morgan fingerprint density at radius 2 is 1.60 bits per heavy atom. The minimum Gasteiger partial charge on any atom is -0.481 e. The lowest BCUT2D eigenvalue weighted by Crippen LogP contribution is -2.46. The second-order valence-electron chi connectivity index (χ2n) is 10.8. The highest BCUT2D eigenvalue weighted by atomic mass is 32.2. The first-order chi connectivity index (χ1) is 18.9. The molecule has 1 atom stereocenters. The van der Waals surface area contributed by atoms with E-state index in [1.807, 2.05) is 32.0 Å². The minimum absolute atomic E-state index is 0.0192. The van der Waals surface area contributed by atoms with Crippen molar-refractivity contribution in [2.24, 2.45) is 0 Å². The van der Waals surface area contributed by atoms with Gasteiger partial charge >= 0.3 is 5.97 Å². The Balaban J connectivity index is 1.55. The van der Waals surface area contributed by atoms with Crippen LogP contribution in [0.5, 0.6) is 0 Å². The SMILES string of the molecule is CN(C[C@H](O)CNC(C)(C)CCCc1ccccc1)S(=O)(=O)c1ccc(-c2ccc(CCC(=O)O)cc2)cc1F. The molecule has 0 unspecified atom stereocenters. The Kier molecular flexibility index (Phi) is 11.0.